The van der Waals surface area contributed by atoms with Crippen LogP contribution in [0.1, 0.15) is 43.0 Å². The molecule has 0 saturated carbocycles. The predicted octanol–water partition coefficient (Wildman–Crippen LogP) is 2.55. The van der Waals surface area contributed by atoms with Gasteiger partial charge >= 0.3 is 0 Å². The molecule has 0 amide bonds. The summed E-state index contributed by atoms with van der Waals surface area (Å²) < 4.78 is 171. The van der Waals surface area contributed by atoms with Crippen LogP contribution in [-0.4, -0.2) is 87.8 Å². The van der Waals surface area contributed by atoms with Gasteiger partial charge in [-0.15, -0.1) is 0 Å². The molecule has 2 aliphatic carbocycles. The van der Waals surface area contributed by atoms with Crippen molar-refractivity contribution in [1.29, 1.82) is 0 Å². The highest BCUT2D eigenvalue weighted by molar-refractivity contribution is 7.91. The number of nitrogen functional groups attached to an aromatic ring is 2. The number of ketones is 2. The first kappa shape index (κ1) is 45.1. The minimum atomic E-state index is -5.28. The van der Waals surface area contributed by atoms with Crippen LogP contribution in [0.3, 0.4) is 0 Å². The highest BCUT2D eigenvalue weighted by Gasteiger charge is 2.36. The quantitative estimate of drug-likeness (QED) is 0.0451. The van der Waals surface area contributed by atoms with Gasteiger partial charge in [-0.1, -0.05) is 30.4 Å². The third-order valence-electron chi connectivity index (χ3n) is 8.66. The summed E-state index contributed by atoms with van der Waals surface area (Å²) in [4.78, 5) is 22.0. The zero-order valence-corrected chi connectivity index (χ0v) is 34.5. The van der Waals surface area contributed by atoms with E-state index >= 15 is 0 Å². The molecule has 0 spiro atoms. The molecular formula is C34H26N6O17S5. The maximum absolute atomic E-state index is 13.4. The van der Waals surface area contributed by atoms with Gasteiger partial charge in [0.25, 0.3) is 50.6 Å². The lowest BCUT2D eigenvalue weighted by Crippen LogP contribution is -2.28. The van der Waals surface area contributed by atoms with Gasteiger partial charge in [-0.2, -0.15) is 52.3 Å². The van der Waals surface area contributed by atoms with Gasteiger partial charge in [-0.05, 0) is 82.9 Å². The summed E-state index contributed by atoms with van der Waals surface area (Å²) in [7, 11) is -25.5. The number of anilines is 4. The van der Waals surface area contributed by atoms with Crippen molar-refractivity contribution in [1.82, 2.24) is 0 Å². The Morgan fingerprint density at radius 1 is 0.516 bits per heavy atom. The molecule has 0 atom stereocenters. The highest BCUT2D eigenvalue weighted by Crippen LogP contribution is 2.33. The van der Waals surface area contributed by atoms with E-state index in [1.807, 2.05) is 0 Å². The van der Waals surface area contributed by atoms with Gasteiger partial charge in [-0.25, -0.2) is 0 Å². The van der Waals surface area contributed by atoms with Crippen LogP contribution in [0, 0.1) is 0 Å². The number of fused-ring (bicyclic) bond motifs is 2. The van der Waals surface area contributed by atoms with Crippen LogP contribution in [-0.2, 0) is 50.6 Å². The Morgan fingerprint density at radius 2 is 0.984 bits per heavy atom. The van der Waals surface area contributed by atoms with Gasteiger partial charge in [-0.3, -0.25) is 43.2 Å². The molecule has 0 aliphatic heterocycles. The lowest BCUT2D eigenvalue weighted by molar-refractivity contribution is 0.105. The number of Topliss-reactive ketones (excluding diaryl/α,β-unsaturated/α-hetero) is 2. The Kier molecular flexibility index (Phi) is 11.5. The summed E-state index contributed by atoms with van der Waals surface area (Å²) in [5, 5.41) is 7.44. The average molecular weight is 951 g/mol. The number of nitrogens with one attached hydrogen (secondary N) is 2. The molecular weight excluding hydrogens is 925 g/mol. The zero-order chi connectivity index (χ0) is 45.9. The van der Waals surface area contributed by atoms with E-state index < -0.39 is 115 Å². The number of hydrogen-bond donors (Lipinski definition) is 9. The smallest absolute Gasteiger partial charge is 0.296 e. The fourth-order valence-corrected chi connectivity index (χ4v) is 9.21. The van der Waals surface area contributed by atoms with Crippen molar-refractivity contribution in [3.8, 4) is 0 Å². The van der Waals surface area contributed by atoms with Gasteiger partial charge < -0.3 is 11.5 Å². The molecule has 6 rings (SSSR count). The summed E-state index contributed by atoms with van der Waals surface area (Å²) in [6.07, 6.45) is 3.56. The van der Waals surface area contributed by atoms with E-state index in [2.05, 4.69) is 21.1 Å². The minimum absolute atomic E-state index is 0.0703. The topological polar surface area (TPSA) is 407 Å². The van der Waals surface area contributed by atoms with E-state index in [1.165, 1.54) is 18.2 Å². The maximum Gasteiger partial charge on any atom is 0.296 e. The first-order valence-corrected chi connectivity index (χ1v) is 23.6. The molecule has 0 radical (unpaired) electrons. The van der Waals surface area contributed by atoms with Gasteiger partial charge in [0.1, 0.15) is 19.6 Å². The number of nitrogens with two attached hydrogens (primary N) is 2. The SMILES string of the molecule is Nc1ccc2c(c1)C(=O)/C(=N\Nc1ccc(/C=C/c3ccc(N/N=C4/C(=O)c5c(N)cc(S(=O)(=O)O)cc5C=C4S(=O)(=O)O)cc3S(=O)(=O)O)c(S(=O)(=O)O)c1)C(S(=O)(=O)O)=C2. The molecule has 23 nitrogen and oxygen atoms in total. The summed E-state index contributed by atoms with van der Waals surface area (Å²) in [5.74, 6) is -2.25. The van der Waals surface area contributed by atoms with Gasteiger partial charge in [0, 0.05) is 16.9 Å². The molecule has 11 N–H and O–H groups in total. The summed E-state index contributed by atoms with van der Waals surface area (Å²) >= 11 is 0. The van der Waals surface area contributed by atoms with Crippen molar-refractivity contribution in [3.63, 3.8) is 0 Å². The largest absolute Gasteiger partial charge is 0.399 e. The second-order valence-electron chi connectivity index (χ2n) is 12.9. The molecule has 0 bridgehead atoms. The Morgan fingerprint density at radius 3 is 1.44 bits per heavy atom. The standard InChI is InChI=1S/C34H26N6O17S5/c35-20-6-3-18-10-28(61(52,53)54)31(33(41)24(18)12-20)39-37-21-7-4-16(26(13-21)59(46,47)48)1-2-17-5-8-22(14-27(17)60(49,50)51)38-40-32-29(62(55,56)57)11-19-9-23(58(43,44)45)15-25(36)30(19)34(32)42/h1-15,37-38H,35-36H2,(H,43,44,45)(H,46,47,48)(H,49,50,51)(H,52,53,54)(H,55,56,57)/b2-1+,39-31-,40-32+. The fourth-order valence-electron chi connectivity index (χ4n) is 5.92. The number of hydrogen-bond acceptors (Lipinski definition) is 18. The molecule has 324 valence electrons. The lowest BCUT2D eigenvalue weighted by atomic mass is 9.93. The summed E-state index contributed by atoms with van der Waals surface area (Å²) in [6.45, 7) is 0. The van der Waals surface area contributed by atoms with Crippen LogP contribution in [0.4, 0.5) is 22.7 Å². The maximum atomic E-state index is 13.4. The van der Waals surface area contributed by atoms with Crippen molar-refractivity contribution < 1.29 is 74.4 Å². The van der Waals surface area contributed by atoms with Crippen molar-refractivity contribution in [2.24, 2.45) is 10.2 Å². The molecule has 0 unspecified atom stereocenters. The Balaban J connectivity index is 1.33. The molecule has 4 aromatic rings. The molecule has 0 aromatic heterocycles. The van der Waals surface area contributed by atoms with E-state index in [-0.39, 0.29) is 39.3 Å². The third kappa shape index (κ3) is 9.37. The molecule has 4 aromatic carbocycles. The van der Waals surface area contributed by atoms with Crippen molar-refractivity contribution >= 4 is 121 Å². The van der Waals surface area contributed by atoms with E-state index in [0.717, 1.165) is 54.6 Å². The van der Waals surface area contributed by atoms with Crippen LogP contribution in [0.5, 0.6) is 0 Å². The second kappa shape index (κ2) is 15.8. The van der Waals surface area contributed by atoms with Crippen LogP contribution in [0.2, 0.25) is 0 Å². The molecule has 0 heterocycles. The molecule has 2 aliphatic rings. The van der Waals surface area contributed by atoms with Crippen LogP contribution in [0.25, 0.3) is 24.3 Å². The number of rotatable bonds is 11. The lowest BCUT2D eigenvalue weighted by Gasteiger charge is -2.18. The Labute approximate surface area is 350 Å². The van der Waals surface area contributed by atoms with Gasteiger partial charge in [0.2, 0.25) is 11.6 Å². The number of carbonyl (C=O) groups excluding carboxylic acids is 2. The van der Waals surface area contributed by atoms with Gasteiger partial charge in [0.15, 0.2) is 11.4 Å². The Hall–Kier alpha value is -6.47. The highest BCUT2D eigenvalue weighted by atomic mass is 32.2. The second-order valence-corrected chi connectivity index (χ2v) is 19.8. The fraction of sp³-hybridized carbons (Fsp3) is 0. The van der Waals surface area contributed by atoms with Gasteiger partial charge in [0.05, 0.1) is 21.8 Å². The zero-order valence-electron chi connectivity index (χ0n) is 30.4. The number of carbonyl (C=O) groups is 2. The van der Waals surface area contributed by atoms with E-state index in [9.17, 15) is 74.4 Å². The number of allylic oxidation sites excluding steroid dienone is 2. The van der Waals surface area contributed by atoms with E-state index in [4.69, 9.17) is 11.5 Å². The van der Waals surface area contributed by atoms with E-state index in [1.54, 1.807) is 0 Å². The van der Waals surface area contributed by atoms with E-state index in [0.29, 0.717) is 18.2 Å². The van der Waals surface area contributed by atoms with Crippen molar-refractivity contribution in [2.75, 3.05) is 22.3 Å². The first-order valence-electron chi connectivity index (χ1n) is 16.4. The number of nitrogens with zero attached hydrogens (tertiary/aromatic N) is 2. The average Bonchev–Trinajstić information content (AvgIpc) is 3.14. The molecule has 62 heavy (non-hydrogen) atoms. The third-order valence-corrected chi connectivity index (χ3v) is 13.0. The summed E-state index contributed by atoms with van der Waals surface area (Å²) in [6, 6.07) is 11.2. The van der Waals surface area contributed by atoms with Crippen LogP contribution in [0.15, 0.2) is 101 Å². The molecule has 28 heteroatoms. The summed E-state index contributed by atoms with van der Waals surface area (Å²) in [5.41, 5.74) is 11.7. The van der Waals surface area contributed by atoms with Crippen molar-refractivity contribution in [2.45, 2.75) is 14.7 Å². The Bertz CT molecular complexity index is 3430. The first-order chi connectivity index (χ1) is 28.5. The monoisotopic (exact) mass is 950 g/mol. The van der Waals surface area contributed by atoms with Crippen molar-refractivity contribution in [3.05, 3.63) is 110 Å². The van der Waals surface area contributed by atoms with Crippen LogP contribution >= 0.6 is 0 Å². The molecule has 0 saturated heterocycles. The predicted molar refractivity (Wildman–Crippen MR) is 223 cm³/mol. The normalized spacial score (nSPS) is 16.2. The number of benzene rings is 4. The number of hydrazone groups is 2. The van der Waals surface area contributed by atoms with Crippen LogP contribution < -0.4 is 22.3 Å². The minimum Gasteiger partial charge on any atom is -0.399 e. The molecule has 0 fully saturated rings.